The molecule has 69 heavy (non-hydrogen) atoms. The third kappa shape index (κ3) is 13.9. The SMILES string of the molecule is C(=Cc1ccc(N(c2ccc(C=C(Cc3ccccc3)Cc3ccccc3)cc2)c2ccc(C=C(Cc3ccccc3)Cc3ccccc3)cc2)cc1)C=C(Cc1ccccc1)Cc1ccccc1. The molecule has 0 radical (unpaired) electrons. The molecular weight excluding hydrogens is 831 g/mol. The molecule has 0 saturated heterocycles. The molecule has 0 aliphatic rings. The standard InChI is InChI=1S/C68H59N/c1-7-20-55(21-8-1)46-63(47-56-22-9-2-10-23-56)33-19-32-54-34-40-66(41-35-54)69(67-42-36-61(37-43-67)52-64(48-57-24-11-3-12-25-57)49-58-26-13-4-14-27-58)68-44-38-62(39-45-68)53-65(50-59-28-15-5-16-29-59)51-60-30-17-6-18-31-60/h1-45,52-53H,46-51H2. The van der Waals surface area contributed by atoms with Crippen molar-refractivity contribution >= 4 is 35.3 Å². The molecule has 0 aliphatic heterocycles. The van der Waals surface area contributed by atoms with Crippen molar-refractivity contribution in [2.45, 2.75) is 38.5 Å². The molecule has 0 heterocycles. The highest BCUT2D eigenvalue weighted by Gasteiger charge is 2.14. The van der Waals surface area contributed by atoms with Gasteiger partial charge in [0.2, 0.25) is 0 Å². The highest BCUT2D eigenvalue weighted by molar-refractivity contribution is 5.78. The molecule has 9 aromatic carbocycles. The van der Waals surface area contributed by atoms with Crippen LogP contribution in [0.2, 0.25) is 0 Å². The molecule has 0 aromatic heterocycles. The van der Waals surface area contributed by atoms with E-state index in [4.69, 9.17) is 0 Å². The highest BCUT2D eigenvalue weighted by Crippen LogP contribution is 2.36. The Balaban J connectivity index is 1.02. The van der Waals surface area contributed by atoms with Gasteiger partial charge in [-0.2, -0.15) is 0 Å². The van der Waals surface area contributed by atoms with Crippen molar-refractivity contribution in [1.82, 2.24) is 0 Å². The van der Waals surface area contributed by atoms with E-state index in [9.17, 15) is 0 Å². The van der Waals surface area contributed by atoms with Crippen molar-refractivity contribution in [3.63, 3.8) is 0 Å². The third-order valence-corrected chi connectivity index (χ3v) is 12.5. The van der Waals surface area contributed by atoms with Crippen LogP contribution >= 0.6 is 0 Å². The summed E-state index contributed by atoms with van der Waals surface area (Å²) >= 11 is 0. The molecule has 1 nitrogen and oxygen atoms in total. The van der Waals surface area contributed by atoms with Gasteiger partial charge < -0.3 is 4.90 Å². The lowest BCUT2D eigenvalue weighted by Crippen LogP contribution is -2.10. The zero-order valence-electron chi connectivity index (χ0n) is 39.3. The highest BCUT2D eigenvalue weighted by atomic mass is 15.1. The number of allylic oxidation sites excluding steroid dienone is 5. The molecule has 0 amide bonds. The lowest BCUT2D eigenvalue weighted by Gasteiger charge is -2.26. The number of hydrogen-bond acceptors (Lipinski definition) is 1. The Hall–Kier alpha value is -8.26. The summed E-state index contributed by atoms with van der Waals surface area (Å²) in [6, 6.07) is 91.8. The van der Waals surface area contributed by atoms with Gasteiger partial charge in [-0.05, 0) is 125 Å². The first-order chi connectivity index (χ1) is 34.1. The molecule has 0 unspecified atom stereocenters. The molecule has 9 rings (SSSR count). The number of nitrogens with zero attached hydrogens (tertiary/aromatic N) is 1. The number of anilines is 3. The van der Waals surface area contributed by atoms with Crippen molar-refractivity contribution in [3.8, 4) is 0 Å². The summed E-state index contributed by atoms with van der Waals surface area (Å²) in [4.78, 5) is 2.37. The smallest absolute Gasteiger partial charge is 0.0462 e. The van der Waals surface area contributed by atoms with Crippen LogP contribution in [0.15, 0.2) is 284 Å². The van der Waals surface area contributed by atoms with Crippen LogP contribution in [0.25, 0.3) is 18.2 Å². The summed E-state index contributed by atoms with van der Waals surface area (Å²) in [6.07, 6.45) is 16.9. The van der Waals surface area contributed by atoms with E-state index in [1.165, 1.54) is 61.2 Å². The molecule has 0 N–H and O–H groups in total. The Kier molecular flexibility index (Phi) is 15.9. The zero-order chi connectivity index (χ0) is 46.7. The Bertz CT molecular complexity index is 2790. The lowest BCUT2D eigenvalue weighted by atomic mass is 9.96. The molecular formula is C68H59N. The first-order valence-corrected chi connectivity index (χ1v) is 24.2. The van der Waals surface area contributed by atoms with Gasteiger partial charge in [0, 0.05) is 17.1 Å². The topological polar surface area (TPSA) is 3.24 Å². The van der Waals surface area contributed by atoms with Crippen LogP contribution in [0.1, 0.15) is 50.1 Å². The van der Waals surface area contributed by atoms with Crippen LogP contribution in [0, 0.1) is 0 Å². The minimum absolute atomic E-state index is 0.904. The molecule has 0 aliphatic carbocycles. The van der Waals surface area contributed by atoms with Gasteiger partial charge in [0.05, 0.1) is 0 Å². The van der Waals surface area contributed by atoms with Crippen LogP contribution < -0.4 is 4.90 Å². The monoisotopic (exact) mass is 889 g/mol. The van der Waals surface area contributed by atoms with Crippen LogP contribution in [-0.2, 0) is 38.5 Å². The van der Waals surface area contributed by atoms with Crippen molar-refractivity contribution in [2.75, 3.05) is 4.90 Å². The predicted octanol–water partition coefficient (Wildman–Crippen LogP) is 17.3. The summed E-state index contributed by atoms with van der Waals surface area (Å²) in [7, 11) is 0. The molecule has 336 valence electrons. The van der Waals surface area contributed by atoms with E-state index >= 15 is 0 Å². The van der Waals surface area contributed by atoms with Gasteiger partial charge in [-0.1, -0.05) is 265 Å². The molecule has 0 bridgehead atoms. The van der Waals surface area contributed by atoms with Gasteiger partial charge in [0.25, 0.3) is 0 Å². The number of hydrogen-bond donors (Lipinski definition) is 0. The maximum atomic E-state index is 2.37. The van der Waals surface area contributed by atoms with E-state index in [1.807, 2.05) is 0 Å². The molecule has 0 atom stereocenters. The molecule has 0 spiro atoms. The van der Waals surface area contributed by atoms with Crippen LogP contribution in [-0.4, -0.2) is 0 Å². The summed E-state index contributed by atoms with van der Waals surface area (Å²) < 4.78 is 0. The Morgan fingerprint density at radius 2 is 0.507 bits per heavy atom. The normalized spacial score (nSPS) is 10.9. The van der Waals surface area contributed by atoms with Gasteiger partial charge >= 0.3 is 0 Å². The predicted molar refractivity (Wildman–Crippen MR) is 295 cm³/mol. The van der Waals surface area contributed by atoms with Crippen molar-refractivity contribution in [1.29, 1.82) is 0 Å². The van der Waals surface area contributed by atoms with Crippen molar-refractivity contribution < 1.29 is 0 Å². The molecule has 0 saturated carbocycles. The Morgan fingerprint density at radius 1 is 0.261 bits per heavy atom. The minimum Gasteiger partial charge on any atom is -0.311 e. The second-order valence-electron chi connectivity index (χ2n) is 17.9. The fraction of sp³-hybridized carbons (Fsp3) is 0.0882. The average Bonchev–Trinajstić information content (AvgIpc) is 3.40. The number of benzene rings is 9. The van der Waals surface area contributed by atoms with E-state index in [-0.39, 0.29) is 0 Å². The average molecular weight is 890 g/mol. The van der Waals surface area contributed by atoms with Crippen LogP contribution in [0.4, 0.5) is 17.1 Å². The molecule has 9 aromatic rings. The third-order valence-electron chi connectivity index (χ3n) is 12.5. The quantitative estimate of drug-likeness (QED) is 0.0731. The second-order valence-corrected chi connectivity index (χ2v) is 17.9. The Labute approximate surface area is 410 Å². The summed E-state index contributed by atoms with van der Waals surface area (Å²) in [5.41, 5.74) is 18.9. The summed E-state index contributed by atoms with van der Waals surface area (Å²) in [5, 5.41) is 0. The van der Waals surface area contributed by atoms with E-state index in [1.54, 1.807) is 0 Å². The van der Waals surface area contributed by atoms with E-state index in [2.05, 4.69) is 290 Å². The molecule has 0 fully saturated rings. The fourth-order valence-electron chi connectivity index (χ4n) is 9.05. The number of rotatable bonds is 19. The van der Waals surface area contributed by atoms with Crippen LogP contribution in [0.5, 0.6) is 0 Å². The summed E-state index contributed by atoms with van der Waals surface area (Å²) in [5.74, 6) is 0. The lowest BCUT2D eigenvalue weighted by molar-refractivity contribution is 1.03. The van der Waals surface area contributed by atoms with Gasteiger partial charge in [-0.3, -0.25) is 0 Å². The largest absolute Gasteiger partial charge is 0.311 e. The van der Waals surface area contributed by atoms with Crippen molar-refractivity contribution in [2.24, 2.45) is 0 Å². The van der Waals surface area contributed by atoms with E-state index in [0.29, 0.717) is 0 Å². The van der Waals surface area contributed by atoms with Crippen LogP contribution in [0.3, 0.4) is 0 Å². The first-order valence-electron chi connectivity index (χ1n) is 24.2. The molecule has 1 heteroatoms. The Morgan fingerprint density at radius 3 is 0.783 bits per heavy atom. The van der Waals surface area contributed by atoms with Gasteiger partial charge in [-0.15, -0.1) is 0 Å². The van der Waals surface area contributed by atoms with Gasteiger partial charge in [-0.25, -0.2) is 0 Å². The first kappa shape index (κ1) is 45.9. The summed E-state index contributed by atoms with van der Waals surface area (Å²) in [6.45, 7) is 0. The fourth-order valence-corrected chi connectivity index (χ4v) is 9.05. The zero-order valence-corrected chi connectivity index (χ0v) is 39.3. The maximum absolute atomic E-state index is 2.37. The van der Waals surface area contributed by atoms with E-state index < -0.39 is 0 Å². The van der Waals surface area contributed by atoms with Crippen molar-refractivity contribution in [3.05, 3.63) is 334 Å². The van der Waals surface area contributed by atoms with Gasteiger partial charge in [0.1, 0.15) is 0 Å². The second kappa shape index (κ2) is 24.0. The maximum Gasteiger partial charge on any atom is 0.0462 e. The van der Waals surface area contributed by atoms with Gasteiger partial charge in [0.15, 0.2) is 0 Å². The van der Waals surface area contributed by atoms with E-state index in [0.717, 1.165) is 61.2 Å². The minimum atomic E-state index is 0.904.